The van der Waals surface area contributed by atoms with E-state index in [1.54, 1.807) is 0 Å². The Balaban J connectivity index is 2.53. The number of nitrogens with zero attached hydrogens (tertiary/aromatic N) is 1. The minimum absolute atomic E-state index is 0.657. The van der Waals surface area contributed by atoms with Gasteiger partial charge in [-0.15, -0.1) is 0 Å². The summed E-state index contributed by atoms with van der Waals surface area (Å²) in [5.74, 6) is 0. The van der Waals surface area contributed by atoms with Gasteiger partial charge in [0, 0.05) is 19.6 Å². The molecule has 3 nitrogen and oxygen atoms in total. The van der Waals surface area contributed by atoms with Crippen LogP contribution in [-0.4, -0.2) is 26.2 Å². The van der Waals surface area contributed by atoms with Gasteiger partial charge >= 0.3 is 0 Å². The van der Waals surface area contributed by atoms with Gasteiger partial charge < -0.3 is 11.5 Å². The fraction of sp³-hybridized carbons (Fsp3) is 1.00. The third kappa shape index (κ3) is 5.88. The number of hydrogen-bond donors (Lipinski definition) is 2. The van der Waals surface area contributed by atoms with Crippen molar-refractivity contribution in [2.24, 2.45) is 11.5 Å². The number of hydrogen-bond acceptors (Lipinski definition) is 2. The standard InChI is InChI=1S/C5H14N3/c6-2-1-4-8-5-3-7/h1-7H2. The summed E-state index contributed by atoms with van der Waals surface area (Å²) in [5.41, 5.74) is 10.4. The van der Waals surface area contributed by atoms with Crippen LogP contribution in [0.25, 0.3) is 0 Å². The highest BCUT2D eigenvalue weighted by molar-refractivity contribution is 4.46. The third-order valence-electron chi connectivity index (χ3n) is 0.808. The SMILES string of the molecule is NCCC[N]CCN. The maximum Gasteiger partial charge on any atom is 0.0256 e. The molecule has 0 atom stereocenters. The predicted octanol–water partition coefficient (Wildman–Crippen LogP) is -1.10. The molecule has 0 aliphatic rings. The molecule has 0 aliphatic carbocycles. The van der Waals surface area contributed by atoms with E-state index < -0.39 is 0 Å². The van der Waals surface area contributed by atoms with Crippen molar-refractivity contribution in [1.29, 1.82) is 0 Å². The van der Waals surface area contributed by atoms with Gasteiger partial charge in [0.15, 0.2) is 0 Å². The lowest BCUT2D eigenvalue weighted by Gasteiger charge is -1.95. The second kappa shape index (κ2) is 6.88. The molecule has 0 unspecified atom stereocenters. The monoisotopic (exact) mass is 116 g/mol. The van der Waals surface area contributed by atoms with Crippen LogP contribution in [0.1, 0.15) is 6.42 Å². The molecule has 0 aliphatic heterocycles. The summed E-state index contributed by atoms with van der Waals surface area (Å²) >= 11 is 0. The Kier molecular flexibility index (Phi) is 6.78. The fourth-order valence-corrected chi connectivity index (χ4v) is 0.406. The molecular formula is C5H14N3. The van der Waals surface area contributed by atoms with Gasteiger partial charge in [0.1, 0.15) is 0 Å². The minimum atomic E-state index is 0.657. The van der Waals surface area contributed by atoms with Gasteiger partial charge in [-0.1, -0.05) is 0 Å². The average molecular weight is 116 g/mol. The first kappa shape index (κ1) is 7.88. The van der Waals surface area contributed by atoms with Crippen molar-refractivity contribution in [2.75, 3.05) is 26.2 Å². The molecule has 8 heavy (non-hydrogen) atoms. The van der Waals surface area contributed by atoms with E-state index in [-0.39, 0.29) is 0 Å². The van der Waals surface area contributed by atoms with Crippen LogP contribution in [0.15, 0.2) is 0 Å². The predicted molar refractivity (Wildman–Crippen MR) is 34.6 cm³/mol. The smallest absolute Gasteiger partial charge is 0.0256 e. The zero-order valence-electron chi connectivity index (χ0n) is 5.14. The van der Waals surface area contributed by atoms with Crippen molar-refractivity contribution in [2.45, 2.75) is 6.42 Å². The van der Waals surface area contributed by atoms with Gasteiger partial charge in [0.2, 0.25) is 0 Å². The van der Waals surface area contributed by atoms with Gasteiger partial charge in [-0.3, -0.25) is 0 Å². The highest BCUT2D eigenvalue weighted by atomic mass is 14.9. The Hall–Kier alpha value is -0.120. The van der Waals surface area contributed by atoms with Crippen LogP contribution in [-0.2, 0) is 0 Å². The van der Waals surface area contributed by atoms with Crippen LogP contribution in [0.3, 0.4) is 0 Å². The van der Waals surface area contributed by atoms with Gasteiger partial charge in [-0.25, -0.2) is 5.32 Å². The average Bonchev–Trinajstić information content (AvgIpc) is 1.81. The van der Waals surface area contributed by atoms with Gasteiger partial charge in [0.25, 0.3) is 0 Å². The van der Waals surface area contributed by atoms with Crippen LogP contribution in [0.4, 0.5) is 0 Å². The first-order valence-corrected chi connectivity index (χ1v) is 2.95. The first-order valence-electron chi connectivity index (χ1n) is 2.95. The molecule has 0 aromatic carbocycles. The molecule has 0 saturated heterocycles. The van der Waals surface area contributed by atoms with Crippen LogP contribution in [0.5, 0.6) is 0 Å². The molecule has 0 saturated carbocycles. The van der Waals surface area contributed by atoms with Gasteiger partial charge in [-0.05, 0) is 13.0 Å². The molecule has 49 valence electrons. The number of nitrogens with two attached hydrogens (primary N) is 2. The summed E-state index contributed by atoms with van der Waals surface area (Å²) in [7, 11) is 0. The fourth-order valence-electron chi connectivity index (χ4n) is 0.406. The summed E-state index contributed by atoms with van der Waals surface area (Å²) in [6.07, 6.45) is 0.986. The van der Waals surface area contributed by atoms with Crippen LogP contribution in [0, 0.1) is 0 Å². The quantitative estimate of drug-likeness (QED) is 0.448. The van der Waals surface area contributed by atoms with Crippen molar-refractivity contribution < 1.29 is 0 Å². The van der Waals surface area contributed by atoms with Crippen LogP contribution < -0.4 is 16.8 Å². The highest BCUT2D eigenvalue weighted by Gasteiger charge is 1.82. The Morgan fingerprint density at radius 3 is 2.25 bits per heavy atom. The lowest BCUT2D eigenvalue weighted by Crippen LogP contribution is -2.18. The maximum absolute atomic E-state index is 5.22. The lowest BCUT2D eigenvalue weighted by molar-refractivity contribution is 0.647. The van der Waals surface area contributed by atoms with Crippen molar-refractivity contribution in [3.05, 3.63) is 0 Å². The van der Waals surface area contributed by atoms with E-state index in [9.17, 15) is 0 Å². The van der Waals surface area contributed by atoms with E-state index in [1.807, 2.05) is 0 Å². The Bertz CT molecular complexity index is 32.7. The molecule has 3 heteroatoms. The van der Waals surface area contributed by atoms with Crippen molar-refractivity contribution in [1.82, 2.24) is 5.32 Å². The molecule has 0 bridgehead atoms. The van der Waals surface area contributed by atoms with E-state index in [0.29, 0.717) is 6.54 Å². The lowest BCUT2D eigenvalue weighted by atomic mass is 10.4. The first-order chi connectivity index (χ1) is 3.91. The summed E-state index contributed by atoms with van der Waals surface area (Å²) in [5, 5.41) is 4.07. The summed E-state index contributed by atoms with van der Waals surface area (Å²) < 4.78 is 0. The number of rotatable bonds is 5. The Morgan fingerprint density at radius 2 is 1.75 bits per heavy atom. The second-order valence-corrected chi connectivity index (χ2v) is 1.60. The molecule has 0 aromatic heterocycles. The van der Waals surface area contributed by atoms with Crippen LogP contribution >= 0.6 is 0 Å². The van der Waals surface area contributed by atoms with Crippen molar-refractivity contribution in [3.8, 4) is 0 Å². The van der Waals surface area contributed by atoms with Gasteiger partial charge in [0.05, 0.1) is 0 Å². The molecule has 0 amide bonds. The molecule has 4 N–H and O–H groups in total. The van der Waals surface area contributed by atoms with Crippen molar-refractivity contribution >= 4 is 0 Å². The van der Waals surface area contributed by atoms with E-state index in [4.69, 9.17) is 11.5 Å². The molecule has 0 rings (SSSR count). The molecule has 0 aromatic rings. The molecular weight excluding hydrogens is 102 g/mol. The zero-order chi connectivity index (χ0) is 6.24. The van der Waals surface area contributed by atoms with E-state index in [1.165, 1.54) is 0 Å². The normalized spacial score (nSPS) is 9.75. The summed E-state index contributed by atoms with van der Waals surface area (Å²) in [6, 6.07) is 0. The highest BCUT2D eigenvalue weighted by Crippen LogP contribution is 1.68. The Labute approximate surface area is 50.4 Å². The van der Waals surface area contributed by atoms with E-state index in [0.717, 1.165) is 26.1 Å². The van der Waals surface area contributed by atoms with E-state index >= 15 is 0 Å². The van der Waals surface area contributed by atoms with E-state index in [2.05, 4.69) is 5.32 Å². The zero-order valence-corrected chi connectivity index (χ0v) is 5.14. The second-order valence-electron chi connectivity index (χ2n) is 1.60. The molecule has 0 spiro atoms. The topological polar surface area (TPSA) is 66.1 Å². The summed E-state index contributed by atoms with van der Waals surface area (Å²) in [4.78, 5) is 0. The largest absolute Gasteiger partial charge is 0.330 e. The summed E-state index contributed by atoms with van der Waals surface area (Å²) in [6.45, 7) is 3.03. The third-order valence-corrected chi connectivity index (χ3v) is 0.808. The van der Waals surface area contributed by atoms with Gasteiger partial charge in [-0.2, -0.15) is 0 Å². The molecule has 0 heterocycles. The molecule has 0 fully saturated rings. The Morgan fingerprint density at radius 1 is 1.00 bits per heavy atom. The maximum atomic E-state index is 5.22. The van der Waals surface area contributed by atoms with Crippen molar-refractivity contribution in [3.63, 3.8) is 0 Å². The minimum Gasteiger partial charge on any atom is -0.330 e. The molecule has 1 radical (unpaired) electrons. The van der Waals surface area contributed by atoms with Crippen LogP contribution in [0.2, 0.25) is 0 Å².